The molecule has 0 saturated heterocycles. The Hall–Kier alpha value is -2.78. The van der Waals surface area contributed by atoms with Crippen LogP contribution in [0.1, 0.15) is 10.4 Å². The van der Waals surface area contributed by atoms with Crippen LogP contribution in [0.15, 0.2) is 41.3 Å². The van der Waals surface area contributed by atoms with Crippen LogP contribution in [0.3, 0.4) is 0 Å². The summed E-state index contributed by atoms with van der Waals surface area (Å²) in [7, 11) is 3.04. The number of nitrogens with one attached hydrogen (secondary N) is 1. The maximum atomic E-state index is 12.2. The molecular formula is C17H16N2O3S. The van der Waals surface area contributed by atoms with Crippen LogP contribution in [0, 0.1) is 11.3 Å². The van der Waals surface area contributed by atoms with E-state index in [0.29, 0.717) is 23.6 Å². The molecule has 1 aromatic heterocycles. The molecule has 0 unspecified atom stereocenters. The Bertz CT molecular complexity index is 746. The summed E-state index contributed by atoms with van der Waals surface area (Å²) in [5.74, 6) is 0.595. The SMILES string of the molecule is COc1cccc(/C=C(\C#N)C(=O)NCc2cccs2)c1OC. The van der Waals surface area contributed by atoms with Crippen molar-refractivity contribution in [3.63, 3.8) is 0 Å². The predicted molar refractivity (Wildman–Crippen MR) is 89.3 cm³/mol. The minimum atomic E-state index is -0.425. The molecule has 0 radical (unpaired) electrons. The second kappa shape index (κ2) is 8.01. The van der Waals surface area contributed by atoms with Crippen molar-refractivity contribution in [2.45, 2.75) is 6.54 Å². The summed E-state index contributed by atoms with van der Waals surface area (Å²) in [4.78, 5) is 13.2. The lowest BCUT2D eigenvalue weighted by molar-refractivity contribution is -0.117. The van der Waals surface area contributed by atoms with Gasteiger partial charge in [0, 0.05) is 10.4 Å². The molecule has 1 N–H and O–H groups in total. The van der Waals surface area contributed by atoms with E-state index in [1.165, 1.54) is 20.3 Å². The Morgan fingerprint density at radius 1 is 1.30 bits per heavy atom. The van der Waals surface area contributed by atoms with Gasteiger partial charge in [-0.25, -0.2) is 0 Å². The van der Waals surface area contributed by atoms with Crippen molar-refractivity contribution in [2.24, 2.45) is 0 Å². The Balaban J connectivity index is 2.21. The highest BCUT2D eigenvalue weighted by Crippen LogP contribution is 2.32. The van der Waals surface area contributed by atoms with Gasteiger partial charge in [0.1, 0.15) is 11.6 Å². The zero-order valence-electron chi connectivity index (χ0n) is 12.8. The predicted octanol–water partition coefficient (Wildman–Crippen LogP) is 2.99. The van der Waals surface area contributed by atoms with Crippen LogP contribution in [-0.2, 0) is 11.3 Å². The van der Waals surface area contributed by atoms with Crippen LogP contribution >= 0.6 is 11.3 Å². The zero-order valence-corrected chi connectivity index (χ0v) is 13.6. The van der Waals surface area contributed by atoms with Gasteiger partial charge in [-0.3, -0.25) is 4.79 Å². The lowest BCUT2D eigenvalue weighted by Gasteiger charge is -2.10. The van der Waals surface area contributed by atoms with E-state index >= 15 is 0 Å². The third kappa shape index (κ3) is 4.11. The number of nitriles is 1. The number of benzene rings is 1. The first-order chi connectivity index (χ1) is 11.2. The summed E-state index contributed by atoms with van der Waals surface area (Å²) < 4.78 is 10.5. The van der Waals surface area contributed by atoms with Crippen molar-refractivity contribution < 1.29 is 14.3 Å². The molecule has 0 aliphatic carbocycles. The minimum absolute atomic E-state index is 0.00751. The molecule has 0 spiro atoms. The van der Waals surface area contributed by atoms with E-state index in [4.69, 9.17) is 9.47 Å². The molecule has 6 heteroatoms. The summed E-state index contributed by atoms with van der Waals surface area (Å²) >= 11 is 1.55. The van der Waals surface area contributed by atoms with E-state index in [2.05, 4.69) is 5.32 Å². The zero-order chi connectivity index (χ0) is 16.7. The number of carbonyl (C=O) groups is 1. The van der Waals surface area contributed by atoms with Gasteiger partial charge in [0.25, 0.3) is 5.91 Å². The number of hydrogen-bond donors (Lipinski definition) is 1. The number of methoxy groups -OCH3 is 2. The summed E-state index contributed by atoms with van der Waals surface area (Å²) in [6.45, 7) is 0.394. The van der Waals surface area contributed by atoms with Crippen LogP contribution in [0.25, 0.3) is 6.08 Å². The van der Waals surface area contributed by atoms with Crippen LogP contribution in [0.2, 0.25) is 0 Å². The molecular weight excluding hydrogens is 312 g/mol. The lowest BCUT2D eigenvalue weighted by atomic mass is 10.1. The monoisotopic (exact) mass is 328 g/mol. The number of hydrogen-bond acceptors (Lipinski definition) is 5. The van der Waals surface area contributed by atoms with Gasteiger partial charge in [-0.1, -0.05) is 18.2 Å². The third-order valence-electron chi connectivity index (χ3n) is 3.10. The molecule has 1 heterocycles. The van der Waals surface area contributed by atoms with Crippen molar-refractivity contribution in [1.82, 2.24) is 5.32 Å². The highest BCUT2D eigenvalue weighted by atomic mass is 32.1. The van der Waals surface area contributed by atoms with E-state index < -0.39 is 5.91 Å². The number of ether oxygens (including phenoxy) is 2. The summed E-state index contributed by atoms with van der Waals surface area (Å²) in [6, 6.07) is 11.0. The van der Waals surface area contributed by atoms with Gasteiger partial charge in [0.05, 0.1) is 20.8 Å². The molecule has 118 valence electrons. The molecule has 0 fully saturated rings. The van der Waals surface area contributed by atoms with Crippen LogP contribution in [-0.4, -0.2) is 20.1 Å². The van der Waals surface area contributed by atoms with Crippen LogP contribution in [0.5, 0.6) is 11.5 Å². The van der Waals surface area contributed by atoms with Crippen molar-refractivity contribution in [2.75, 3.05) is 14.2 Å². The van der Waals surface area contributed by atoms with Crippen molar-refractivity contribution in [1.29, 1.82) is 5.26 Å². The lowest BCUT2D eigenvalue weighted by Crippen LogP contribution is -2.23. The van der Waals surface area contributed by atoms with Gasteiger partial charge in [0.2, 0.25) is 0 Å². The first kappa shape index (κ1) is 16.6. The molecule has 0 atom stereocenters. The Morgan fingerprint density at radius 2 is 2.13 bits per heavy atom. The topological polar surface area (TPSA) is 71.3 Å². The highest BCUT2D eigenvalue weighted by molar-refractivity contribution is 7.09. The Morgan fingerprint density at radius 3 is 2.74 bits per heavy atom. The number of para-hydroxylation sites is 1. The van der Waals surface area contributed by atoms with Crippen LogP contribution < -0.4 is 14.8 Å². The van der Waals surface area contributed by atoms with Gasteiger partial charge in [-0.15, -0.1) is 11.3 Å². The molecule has 1 amide bonds. The smallest absolute Gasteiger partial charge is 0.262 e. The summed E-state index contributed by atoms with van der Waals surface area (Å²) in [5, 5.41) is 13.9. The normalized spacial score (nSPS) is 10.7. The quantitative estimate of drug-likeness (QED) is 0.653. The Kier molecular flexibility index (Phi) is 5.78. The van der Waals surface area contributed by atoms with Crippen LogP contribution in [0.4, 0.5) is 0 Å². The second-order valence-electron chi connectivity index (χ2n) is 4.51. The molecule has 2 aromatic rings. The Labute approximate surface area is 138 Å². The van der Waals surface area contributed by atoms with Crippen molar-refractivity contribution >= 4 is 23.3 Å². The fourth-order valence-electron chi connectivity index (χ4n) is 2.01. The molecule has 0 saturated carbocycles. The second-order valence-corrected chi connectivity index (χ2v) is 5.55. The number of nitrogens with zero attached hydrogens (tertiary/aromatic N) is 1. The molecule has 0 aliphatic heterocycles. The largest absolute Gasteiger partial charge is 0.493 e. The number of carbonyl (C=O) groups excluding carboxylic acids is 1. The van der Waals surface area contributed by atoms with E-state index in [-0.39, 0.29) is 5.57 Å². The molecule has 2 rings (SSSR count). The van der Waals surface area contributed by atoms with E-state index in [1.807, 2.05) is 23.6 Å². The molecule has 23 heavy (non-hydrogen) atoms. The fraction of sp³-hybridized carbons (Fsp3) is 0.176. The maximum Gasteiger partial charge on any atom is 0.262 e. The van der Waals surface area contributed by atoms with Crippen molar-refractivity contribution in [3.05, 3.63) is 51.7 Å². The summed E-state index contributed by atoms with van der Waals surface area (Å²) in [5.41, 5.74) is 0.614. The minimum Gasteiger partial charge on any atom is -0.493 e. The van der Waals surface area contributed by atoms with E-state index in [9.17, 15) is 10.1 Å². The standard InChI is InChI=1S/C17H16N2O3S/c1-21-15-7-3-5-12(16(15)22-2)9-13(10-18)17(20)19-11-14-6-4-8-23-14/h3-9H,11H2,1-2H3,(H,19,20)/b13-9+. The third-order valence-corrected chi connectivity index (χ3v) is 3.98. The highest BCUT2D eigenvalue weighted by Gasteiger charge is 2.13. The van der Waals surface area contributed by atoms with Gasteiger partial charge < -0.3 is 14.8 Å². The first-order valence-electron chi connectivity index (χ1n) is 6.83. The molecule has 0 aliphatic rings. The van der Waals surface area contributed by atoms with E-state index in [1.54, 1.807) is 29.5 Å². The van der Waals surface area contributed by atoms with Gasteiger partial charge in [-0.05, 0) is 23.6 Å². The average Bonchev–Trinajstić information content (AvgIpc) is 3.10. The molecule has 5 nitrogen and oxygen atoms in total. The van der Waals surface area contributed by atoms with Gasteiger partial charge >= 0.3 is 0 Å². The van der Waals surface area contributed by atoms with E-state index in [0.717, 1.165) is 4.88 Å². The summed E-state index contributed by atoms with van der Waals surface area (Å²) in [6.07, 6.45) is 1.49. The molecule has 1 aromatic carbocycles. The fourth-order valence-corrected chi connectivity index (χ4v) is 2.65. The number of thiophene rings is 1. The number of amides is 1. The average molecular weight is 328 g/mol. The van der Waals surface area contributed by atoms with Gasteiger partial charge in [0.15, 0.2) is 11.5 Å². The molecule has 0 bridgehead atoms. The van der Waals surface area contributed by atoms with Crippen molar-refractivity contribution in [3.8, 4) is 17.6 Å². The maximum absolute atomic E-state index is 12.2. The number of rotatable bonds is 6. The first-order valence-corrected chi connectivity index (χ1v) is 7.71. The van der Waals surface area contributed by atoms with Gasteiger partial charge in [-0.2, -0.15) is 5.26 Å².